The lowest BCUT2D eigenvalue weighted by atomic mass is 10.1. The SMILES string of the molecule is COc1ccc(C)cc1COc1ccccc1CBr. The van der Waals surface area contributed by atoms with E-state index in [0.717, 1.165) is 28.0 Å². The molecule has 0 heterocycles. The zero-order valence-corrected chi connectivity index (χ0v) is 12.7. The first-order valence-electron chi connectivity index (χ1n) is 6.14. The Balaban J connectivity index is 2.16. The van der Waals surface area contributed by atoms with E-state index in [1.54, 1.807) is 7.11 Å². The highest BCUT2D eigenvalue weighted by atomic mass is 79.9. The third-order valence-electron chi connectivity index (χ3n) is 2.94. The van der Waals surface area contributed by atoms with Crippen LogP contribution in [0.3, 0.4) is 0 Å². The summed E-state index contributed by atoms with van der Waals surface area (Å²) in [5, 5.41) is 0.786. The van der Waals surface area contributed by atoms with Crippen molar-refractivity contribution in [2.75, 3.05) is 7.11 Å². The van der Waals surface area contributed by atoms with Gasteiger partial charge in [0.2, 0.25) is 0 Å². The van der Waals surface area contributed by atoms with E-state index in [9.17, 15) is 0 Å². The number of aryl methyl sites for hydroxylation is 1. The summed E-state index contributed by atoms with van der Waals surface area (Å²) in [4.78, 5) is 0. The number of para-hydroxylation sites is 1. The van der Waals surface area contributed by atoms with Gasteiger partial charge in [0.05, 0.1) is 7.11 Å². The summed E-state index contributed by atoms with van der Waals surface area (Å²) in [5.41, 5.74) is 3.41. The van der Waals surface area contributed by atoms with Crippen molar-refractivity contribution in [1.29, 1.82) is 0 Å². The van der Waals surface area contributed by atoms with Crippen LogP contribution >= 0.6 is 15.9 Å². The topological polar surface area (TPSA) is 18.5 Å². The van der Waals surface area contributed by atoms with Crippen LogP contribution in [0, 0.1) is 6.92 Å². The van der Waals surface area contributed by atoms with E-state index in [2.05, 4.69) is 35.0 Å². The van der Waals surface area contributed by atoms with Crippen molar-refractivity contribution in [3.05, 3.63) is 59.2 Å². The fourth-order valence-electron chi connectivity index (χ4n) is 1.93. The number of halogens is 1. The second kappa shape index (κ2) is 6.62. The van der Waals surface area contributed by atoms with Gasteiger partial charge in [-0.1, -0.05) is 45.8 Å². The largest absolute Gasteiger partial charge is 0.496 e. The van der Waals surface area contributed by atoms with Crippen LogP contribution in [0.4, 0.5) is 0 Å². The lowest BCUT2D eigenvalue weighted by molar-refractivity contribution is 0.294. The van der Waals surface area contributed by atoms with Gasteiger partial charge in [-0.05, 0) is 25.1 Å². The van der Waals surface area contributed by atoms with Crippen LogP contribution in [0.15, 0.2) is 42.5 Å². The maximum atomic E-state index is 5.90. The number of hydrogen-bond donors (Lipinski definition) is 0. The molecule has 0 amide bonds. The summed E-state index contributed by atoms with van der Waals surface area (Å²) in [7, 11) is 1.68. The molecule has 2 aromatic rings. The van der Waals surface area contributed by atoms with Crippen molar-refractivity contribution < 1.29 is 9.47 Å². The van der Waals surface area contributed by atoms with Crippen molar-refractivity contribution >= 4 is 15.9 Å². The minimum atomic E-state index is 0.509. The Morgan fingerprint density at radius 1 is 1.00 bits per heavy atom. The van der Waals surface area contributed by atoms with E-state index in [4.69, 9.17) is 9.47 Å². The van der Waals surface area contributed by atoms with Crippen molar-refractivity contribution in [2.24, 2.45) is 0 Å². The van der Waals surface area contributed by atoms with Crippen LogP contribution in [0.2, 0.25) is 0 Å². The summed E-state index contributed by atoms with van der Waals surface area (Å²) in [6, 6.07) is 14.1. The molecular weight excluding hydrogens is 304 g/mol. The molecule has 2 nitrogen and oxygen atoms in total. The molecule has 0 aliphatic heterocycles. The maximum Gasteiger partial charge on any atom is 0.125 e. The van der Waals surface area contributed by atoms with E-state index < -0.39 is 0 Å². The van der Waals surface area contributed by atoms with Crippen LogP contribution in [0.25, 0.3) is 0 Å². The Bertz CT molecular complexity index is 552. The zero-order chi connectivity index (χ0) is 13.7. The number of rotatable bonds is 5. The smallest absolute Gasteiger partial charge is 0.125 e. The Morgan fingerprint density at radius 2 is 1.79 bits per heavy atom. The normalized spacial score (nSPS) is 10.3. The first-order valence-corrected chi connectivity index (χ1v) is 7.27. The molecule has 0 fully saturated rings. The molecule has 3 heteroatoms. The predicted molar refractivity (Wildman–Crippen MR) is 81.1 cm³/mol. The molecule has 0 saturated heterocycles. The van der Waals surface area contributed by atoms with Crippen molar-refractivity contribution in [3.8, 4) is 11.5 Å². The number of hydrogen-bond acceptors (Lipinski definition) is 2. The molecule has 0 bridgehead atoms. The molecule has 0 saturated carbocycles. The van der Waals surface area contributed by atoms with Gasteiger partial charge in [0.15, 0.2) is 0 Å². The molecule has 19 heavy (non-hydrogen) atoms. The quantitative estimate of drug-likeness (QED) is 0.756. The number of methoxy groups -OCH3 is 1. The molecule has 0 radical (unpaired) electrons. The molecule has 0 N–H and O–H groups in total. The van der Waals surface area contributed by atoms with Crippen LogP contribution in [0.5, 0.6) is 11.5 Å². The highest BCUT2D eigenvalue weighted by Gasteiger charge is 2.06. The zero-order valence-electron chi connectivity index (χ0n) is 11.2. The van der Waals surface area contributed by atoms with Crippen molar-refractivity contribution in [3.63, 3.8) is 0 Å². The second-order valence-electron chi connectivity index (χ2n) is 4.35. The van der Waals surface area contributed by atoms with Crippen LogP contribution in [-0.4, -0.2) is 7.11 Å². The second-order valence-corrected chi connectivity index (χ2v) is 4.91. The van der Waals surface area contributed by atoms with Crippen LogP contribution < -0.4 is 9.47 Å². The highest BCUT2D eigenvalue weighted by molar-refractivity contribution is 9.08. The van der Waals surface area contributed by atoms with Crippen molar-refractivity contribution in [1.82, 2.24) is 0 Å². The minimum Gasteiger partial charge on any atom is -0.496 e. The third-order valence-corrected chi connectivity index (χ3v) is 3.54. The van der Waals surface area contributed by atoms with Gasteiger partial charge < -0.3 is 9.47 Å². The summed E-state index contributed by atoms with van der Waals surface area (Å²) < 4.78 is 11.3. The molecule has 2 aromatic carbocycles. The lowest BCUT2D eigenvalue weighted by Crippen LogP contribution is -2.00. The fourth-order valence-corrected chi connectivity index (χ4v) is 2.39. The molecule has 2 rings (SSSR count). The molecule has 100 valence electrons. The summed E-state index contributed by atoms with van der Waals surface area (Å²) >= 11 is 3.47. The van der Waals surface area contributed by atoms with Crippen LogP contribution in [0.1, 0.15) is 16.7 Å². The molecule has 0 unspecified atom stereocenters. The number of benzene rings is 2. The third kappa shape index (κ3) is 3.51. The van der Waals surface area contributed by atoms with E-state index in [1.807, 2.05) is 30.3 Å². The summed E-state index contributed by atoms with van der Waals surface area (Å²) in [5.74, 6) is 1.77. The van der Waals surface area contributed by atoms with Gasteiger partial charge in [0.1, 0.15) is 18.1 Å². The van der Waals surface area contributed by atoms with E-state index in [0.29, 0.717) is 6.61 Å². The van der Waals surface area contributed by atoms with E-state index in [1.165, 1.54) is 5.56 Å². The molecular formula is C16H17BrO2. The van der Waals surface area contributed by atoms with E-state index in [-0.39, 0.29) is 0 Å². The standard InChI is InChI=1S/C16H17BrO2/c1-12-7-8-15(18-2)14(9-12)11-19-16-6-4-3-5-13(16)10-17/h3-9H,10-11H2,1-2H3. The first kappa shape index (κ1) is 13.9. The average molecular weight is 321 g/mol. The Hall–Kier alpha value is -1.48. The van der Waals surface area contributed by atoms with Gasteiger partial charge >= 0.3 is 0 Å². The van der Waals surface area contributed by atoms with E-state index >= 15 is 0 Å². The van der Waals surface area contributed by atoms with Gasteiger partial charge in [-0.25, -0.2) is 0 Å². The molecule has 0 aliphatic rings. The average Bonchev–Trinajstić information content (AvgIpc) is 2.45. The Labute approximate surface area is 122 Å². The maximum absolute atomic E-state index is 5.90. The lowest BCUT2D eigenvalue weighted by Gasteiger charge is -2.13. The van der Waals surface area contributed by atoms with Gasteiger partial charge in [-0.3, -0.25) is 0 Å². The monoisotopic (exact) mass is 320 g/mol. The Morgan fingerprint density at radius 3 is 2.53 bits per heavy atom. The molecule has 0 spiro atoms. The first-order chi connectivity index (χ1) is 9.24. The van der Waals surface area contributed by atoms with Crippen molar-refractivity contribution in [2.45, 2.75) is 18.9 Å². The van der Waals surface area contributed by atoms with Gasteiger partial charge in [-0.15, -0.1) is 0 Å². The fraction of sp³-hybridized carbons (Fsp3) is 0.250. The summed E-state index contributed by atoms with van der Waals surface area (Å²) in [6.07, 6.45) is 0. The molecule has 0 aliphatic carbocycles. The predicted octanol–water partition coefficient (Wildman–Crippen LogP) is 4.48. The highest BCUT2D eigenvalue weighted by Crippen LogP contribution is 2.25. The van der Waals surface area contributed by atoms with Gasteiger partial charge in [0, 0.05) is 16.5 Å². The van der Waals surface area contributed by atoms with Crippen LogP contribution in [-0.2, 0) is 11.9 Å². The number of alkyl halides is 1. The Kier molecular flexibility index (Phi) is 4.86. The number of ether oxygens (including phenoxy) is 2. The molecule has 0 atom stereocenters. The van der Waals surface area contributed by atoms with Gasteiger partial charge in [-0.2, -0.15) is 0 Å². The molecule has 0 aromatic heterocycles. The summed E-state index contributed by atoms with van der Waals surface area (Å²) in [6.45, 7) is 2.57. The minimum absolute atomic E-state index is 0.509. The van der Waals surface area contributed by atoms with Gasteiger partial charge in [0.25, 0.3) is 0 Å².